The van der Waals surface area contributed by atoms with Crippen LogP contribution in [-0.2, 0) is 38.2 Å². The largest absolute Gasteiger partial charge is 0.349 e. The van der Waals surface area contributed by atoms with Crippen molar-refractivity contribution in [2.75, 3.05) is 6.54 Å². The van der Waals surface area contributed by atoms with Crippen molar-refractivity contribution in [2.45, 2.75) is 44.7 Å². The molecule has 5 aromatic rings. The summed E-state index contributed by atoms with van der Waals surface area (Å²) in [5.41, 5.74) is 1.62. The van der Waals surface area contributed by atoms with Crippen molar-refractivity contribution in [2.24, 2.45) is 14.1 Å². The van der Waals surface area contributed by atoms with Gasteiger partial charge in [-0.05, 0) is 61.7 Å². The number of aromatic nitrogens is 6. The van der Waals surface area contributed by atoms with Crippen molar-refractivity contribution in [3.8, 4) is 17.3 Å². The zero-order valence-corrected chi connectivity index (χ0v) is 26.1. The zero-order valence-electron chi connectivity index (χ0n) is 26.1. The van der Waals surface area contributed by atoms with E-state index in [2.05, 4.69) is 31.4 Å². The van der Waals surface area contributed by atoms with Gasteiger partial charge in [-0.2, -0.15) is 10.4 Å². The summed E-state index contributed by atoms with van der Waals surface area (Å²) in [6, 6.07) is 8.03. The molecule has 0 fully saturated rings. The first-order chi connectivity index (χ1) is 22.3. The van der Waals surface area contributed by atoms with Crippen LogP contribution in [0.5, 0.6) is 0 Å². The summed E-state index contributed by atoms with van der Waals surface area (Å²) in [6.45, 7) is 3.67. The third-order valence-electron chi connectivity index (χ3n) is 8.32. The Balaban J connectivity index is 1.36. The minimum atomic E-state index is -1.03. The predicted octanol–water partition coefficient (Wildman–Crippen LogP) is 2.95. The standard InChI is InChI=1S/C33H31F2N9O3/c1-33(2,13-21-6-5-20(34)16-37-21)41-30(45)26(11-18-15-38-42(3)17-18)44-10-9-22-23(7-8-24(35)27(22)31(44)46)28-19(14-36)12-25-29(40-28)43(4)32(47)39-25/h5-8,12,15-17,26H,9-11,13H2,1-4H3,(H,39,47)(H,41,45)/t26-/m1/s1. The molecule has 1 aliphatic heterocycles. The molecule has 0 saturated carbocycles. The lowest BCUT2D eigenvalue weighted by Crippen LogP contribution is -2.57. The Morgan fingerprint density at radius 1 is 1.17 bits per heavy atom. The van der Waals surface area contributed by atoms with Gasteiger partial charge >= 0.3 is 5.69 Å². The lowest BCUT2D eigenvalue weighted by atomic mass is 9.89. The second-order valence-electron chi connectivity index (χ2n) is 12.3. The van der Waals surface area contributed by atoms with Crippen molar-refractivity contribution in [1.82, 2.24) is 39.5 Å². The summed E-state index contributed by atoms with van der Waals surface area (Å²) in [7, 11) is 3.28. The molecule has 0 radical (unpaired) electrons. The summed E-state index contributed by atoms with van der Waals surface area (Å²) < 4.78 is 31.9. The number of aryl methyl sites for hydroxylation is 2. The topological polar surface area (TPSA) is 155 Å². The number of H-pyrrole nitrogens is 1. The van der Waals surface area contributed by atoms with Gasteiger partial charge < -0.3 is 15.2 Å². The highest BCUT2D eigenvalue weighted by atomic mass is 19.1. The number of halogens is 2. The van der Waals surface area contributed by atoms with E-state index in [0.717, 1.165) is 12.3 Å². The van der Waals surface area contributed by atoms with Gasteiger partial charge in [-0.1, -0.05) is 0 Å². The third-order valence-corrected chi connectivity index (χ3v) is 8.32. The van der Waals surface area contributed by atoms with Crippen LogP contribution in [0, 0.1) is 23.0 Å². The van der Waals surface area contributed by atoms with Crippen LogP contribution in [0.25, 0.3) is 22.4 Å². The number of carbonyl (C=O) groups is 2. The normalized spacial score (nSPS) is 13.8. The number of hydrogen-bond acceptors (Lipinski definition) is 7. The average Bonchev–Trinajstić information content (AvgIpc) is 3.57. The number of hydrogen-bond donors (Lipinski definition) is 2. The molecule has 1 aliphatic rings. The third kappa shape index (κ3) is 5.99. The number of imidazole rings is 1. The maximum atomic E-state index is 15.6. The highest BCUT2D eigenvalue weighted by molar-refractivity contribution is 6.02. The van der Waals surface area contributed by atoms with Gasteiger partial charge in [0, 0.05) is 56.5 Å². The van der Waals surface area contributed by atoms with Crippen LogP contribution in [0.1, 0.15) is 46.6 Å². The van der Waals surface area contributed by atoms with Gasteiger partial charge in [-0.15, -0.1) is 0 Å². The second kappa shape index (κ2) is 11.9. The molecule has 12 nitrogen and oxygen atoms in total. The number of nitriles is 1. The van der Waals surface area contributed by atoms with Crippen molar-refractivity contribution < 1.29 is 18.4 Å². The Hall–Kier alpha value is -5.71. The molecule has 2 amide bonds. The van der Waals surface area contributed by atoms with E-state index in [9.17, 15) is 24.0 Å². The van der Waals surface area contributed by atoms with Crippen LogP contribution < -0.4 is 11.0 Å². The van der Waals surface area contributed by atoms with Crippen molar-refractivity contribution in [3.05, 3.63) is 99.0 Å². The van der Waals surface area contributed by atoms with Crippen LogP contribution >= 0.6 is 0 Å². The monoisotopic (exact) mass is 639 g/mol. The minimum Gasteiger partial charge on any atom is -0.349 e. The van der Waals surface area contributed by atoms with Crippen LogP contribution in [0.3, 0.4) is 0 Å². The lowest BCUT2D eigenvalue weighted by Gasteiger charge is -2.37. The molecule has 6 rings (SSSR count). The molecule has 1 atom stereocenters. The maximum Gasteiger partial charge on any atom is 0.327 e. The van der Waals surface area contributed by atoms with E-state index in [1.807, 2.05) is 0 Å². The number of pyridine rings is 2. The number of carbonyl (C=O) groups excluding carboxylic acids is 2. The molecular formula is C33H31F2N9O3. The SMILES string of the molecule is Cn1cc(C[C@H](C(=O)NC(C)(C)Cc2ccc(F)cn2)N2CCc3c(-c4nc5c(cc4C#N)[nH]c(=O)n5C)ccc(F)c3C2=O)cn1. The van der Waals surface area contributed by atoms with Gasteiger partial charge in [0.25, 0.3) is 5.91 Å². The van der Waals surface area contributed by atoms with E-state index in [1.54, 1.807) is 44.0 Å². The van der Waals surface area contributed by atoms with Crippen LogP contribution in [0.15, 0.2) is 53.7 Å². The highest BCUT2D eigenvalue weighted by Gasteiger charge is 2.39. The van der Waals surface area contributed by atoms with Gasteiger partial charge in [0.05, 0.1) is 34.7 Å². The number of nitrogens with one attached hydrogen (secondary N) is 2. The second-order valence-corrected chi connectivity index (χ2v) is 12.3. The number of fused-ring (bicyclic) bond motifs is 2. The van der Waals surface area contributed by atoms with Crippen molar-refractivity contribution in [3.63, 3.8) is 0 Å². The molecule has 4 aromatic heterocycles. The molecule has 14 heteroatoms. The molecule has 0 spiro atoms. The van der Waals surface area contributed by atoms with Crippen molar-refractivity contribution in [1.29, 1.82) is 5.26 Å². The van der Waals surface area contributed by atoms with Crippen LogP contribution in [0.2, 0.25) is 0 Å². The van der Waals surface area contributed by atoms with Crippen LogP contribution in [-0.4, -0.2) is 64.1 Å². The number of rotatable bonds is 8. The van der Waals surface area contributed by atoms with Crippen molar-refractivity contribution >= 4 is 23.0 Å². The zero-order chi connectivity index (χ0) is 33.6. The van der Waals surface area contributed by atoms with Gasteiger partial charge in [0.1, 0.15) is 23.7 Å². The number of aromatic amines is 1. The van der Waals surface area contributed by atoms with Gasteiger partial charge in [-0.3, -0.25) is 23.8 Å². The Labute approximate surface area is 267 Å². The Morgan fingerprint density at radius 2 is 1.96 bits per heavy atom. The molecule has 0 aliphatic carbocycles. The highest BCUT2D eigenvalue weighted by Crippen LogP contribution is 2.34. The lowest BCUT2D eigenvalue weighted by molar-refractivity contribution is -0.127. The molecule has 2 N–H and O–H groups in total. The number of amides is 2. The summed E-state index contributed by atoms with van der Waals surface area (Å²) in [5, 5.41) is 17.1. The predicted molar refractivity (Wildman–Crippen MR) is 167 cm³/mol. The van der Waals surface area contributed by atoms with E-state index in [1.165, 1.54) is 34.7 Å². The van der Waals surface area contributed by atoms with E-state index >= 15 is 4.39 Å². The Kier molecular flexibility index (Phi) is 7.92. The number of benzene rings is 1. The molecular weight excluding hydrogens is 608 g/mol. The van der Waals surface area contributed by atoms with E-state index in [4.69, 9.17) is 0 Å². The minimum absolute atomic E-state index is 0.0767. The smallest absolute Gasteiger partial charge is 0.327 e. The first-order valence-corrected chi connectivity index (χ1v) is 14.9. The molecule has 5 heterocycles. The first kappa shape index (κ1) is 31.3. The molecule has 0 saturated heterocycles. The van der Waals surface area contributed by atoms with E-state index in [-0.39, 0.29) is 36.2 Å². The fraction of sp³-hybridized carbons (Fsp3) is 0.303. The molecule has 1 aromatic carbocycles. The molecule has 0 bridgehead atoms. The molecule has 0 unspecified atom stereocenters. The maximum absolute atomic E-state index is 15.6. The van der Waals surface area contributed by atoms with Gasteiger partial charge in [0.15, 0.2) is 5.65 Å². The average molecular weight is 640 g/mol. The van der Waals surface area contributed by atoms with E-state index < -0.39 is 40.7 Å². The quantitative estimate of drug-likeness (QED) is 0.265. The first-order valence-electron chi connectivity index (χ1n) is 14.9. The number of nitrogens with zero attached hydrogens (tertiary/aromatic N) is 7. The van der Waals surface area contributed by atoms with E-state index in [0.29, 0.717) is 40.0 Å². The summed E-state index contributed by atoms with van der Waals surface area (Å²) in [4.78, 5) is 53.1. The summed E-state index contributed by atoms with van der Waals surface area (Å²) >= 11 is 0. The van der Waals surface area contributed by atoms with Gasteiger partial charge in [-0.25, -0.2) is 18.6 Å². The Bertz CT molecular complexity index is 2140. The molecule has 47 heavy (non-hydrogen) atoms. The fourth-order valence-electron chi connectivity index (χ4n) is 6.11. The summed E-state index contributed by atoms with van der Waals surface area (Å²) in [5.74, 6) is -2.38. The van der Waals surface area contributed by atoms with Gasteiger partial charge in [0.2, 0.25) is 5.91 Å². The van der Waals surface area contributed by atoms with Crippen LogP contribution in [0.4, 0.5) is 8.78 Å². The molecule has 240 valence electrons. The Morgan fingerprint density at radius 3 is 2.64 bits per heavy atom. The summed E-state index contributed by atoms with van der Waals surface area (Å²) in [6.07, 6.45) is 5.04. The fourth-order valence-corrected chi connectivity index (χ4v) is 6.11.